The van der Waals surface area contributed by atoms with E-state index in [0.29, 0.717) is 21.1 Å². The van der Waals surface area contributed by atoms with Crippen LogP contribution in [0.2, 0.25) is 8.67 Å². The number of thiophene rings is 1. The molecule has 2 aromatic rings. The first kappa shape index (κ1) is 15.3. The normalized spacial score (nSPS) is 18.0. The van der Waals surface area contributed by atoms with Crippen molar-refractivity contribution in [3.63, 3.8) is 0 Å². The average molecular weight is 344 g/mol. The Bertz CT molecular complexity index is 602. The molecule has 0 bridgehead atoms. The first-order chi connectivity index (χ1) is 10.1. The highest BCUT2D eigenvalue weighted by Gasteiger charge is 2.18. The molecule has 1 aliphatic carbocycles. The summed E-state index contributed by atoms with van der Waals surface area (Å²) in [5.41, 5.74) is 8.18. The Hall–Kier alpha value is -0.550. The van der Waals surface area contributed by atoms with Crippen LogP contribution in [0.25, 0.3) is 0 Å². The van der Waals surface area contributed by atoms with Crippen LogP contribution in [-0.4, -0.2) is 9.78 Å². The Kier molecular flexibility index (Phi) is 4.89. The van der Waals surface area contributed by atoms with E-state index in [1.807, 2.05) is 6.07 Å². The molecular formula is C15H19Cl2N3S. The van der Waals surface area contributed by atoms with Gasteiger partial charge in [0.1, 0.15) is 0 Å². The first-order valence-corrected chi connectivity index (χ1v) is 8.95. The van der Waals surface area contributed by atoms with Crippen LogP contribution >= 0.6 is 34.5 Å². The van der Waals surface area contributed by atoms with Gasteiger partial charge in [0.05, 0.1) is 20.4 Å². The standard InChI is InChI=1S/C15H19Cl2N3S/c16-14-9-12(15(17)21-14)13(18)8-10-6-7-20(19-10)11-4-2-1-3-5-11/h6-7,9,11,13H,1-5,8,18H2. The lowest BCUT2D eigenvalue weighted by Gasteiger charge is -2.21. The second-order valence-electron chi connectivity index (χ2n) is 5.67. The van der Waals surface area contributed by atoms with Crippen molar-refractivity contribution < 1.29 is 0 Å². The molecule has 1 saturated carbocycles. The molecule has 3 rings (SSSR count). The summed E-state index contributed by atoms with van der Waals surface area (Å²) < 4.78 is 3.47. The Morgan fingerprint density at radius 1 is 1.33 bits per heavy atom. The highest BCUT2D eigenvalue weighted by atomic mass is 35.5. The van der Waals surface area contributed by atoms with Crippen LogP contribution in [0, 0.1) is 0 Å². The van der Waals surface area contributed by atoms with Crippen LogP contribution in [-0.2, 0) is 6.42 Å². The summed E-state index contributed by atoms with van der Waals surface area (Å²) in [4.78, 5) is 0. The third-order valence-corrected chi connectivity index (χ3v) is 5.64. The number of halogens is 2. The zero-order chi connectivity index (χ0) is 14.8. The highest BCUT2D eigenvalue weighted by Crippen LogP contribution is 2.35. The maximum Gasteiger partial charge on any atom is 0.0992 e. The van der Waals surface area contributed by atoms with Gasteiger partial charge in [-0.25, -0.2) is 0 Å². The lowest BCUT2D eigenvalue weighted by Crippen LogP contribution is -2.15. The van der Waals surface area contributed by atoms with E-state index < -0.39 is 0 Å². The lowest BCUT2D eigenvalue weighted by molar-refractivity contribution is 0.328. The first-order valence-electron chi connectivity index (χ1n) is 7.38. The molecule has 1 aliphatic rings. The smallest absolute Gasteiger partial charge is 0.0992 e. The third kappa shape index (κ3) is 3.62. The van der Waals surface area contributed by atoms with Gasteiger partial charge in [0.15, 0.2) is 0 Å². The number of rotatable bonds is 4. The molecule has 2 aromatic heterocycles. The molecular weight excluding hydrogens is 325 g/mol. The molecule has 3 nitrogen and oxygen atoms in total. The van der Waals surface area contributed by atoms with Gasteiger partial charge in [-0.2, -0.15) is 5.10 Å². The van der Waals surface area contributed by atoms with E-state index in [4.69, 9.17) is 34.0 Å². The summed E-state index contributed by atoms with van der Waals surface area (Å²) in [6.45, 7) is 0. The molecule has 114 valence electrons. The summed E-state index contributed by atoms with van der Waals surface area (Å²) >= 11 is 13.5. The summed E-state index contributed by atoms with van der Waals surface area (Å²) in [7, 11) is 0. The highest BCUT2D eigenvalue weighted by molar-refractivity contribution is 7.20. The lowest BCUT2D eigenvalue weighted by atomic mass is 9.96. The molecule has 0 spiro atoms. The monoisotopic (exact) mass is 343 g/mol. The number of hydrogen-bond acceptors (Lipinski definition) is 3. The molecule has 0 aromatic carbocycles. The van der Waals surface area contributed by atoms with Gasteiger partial charge in [0.25, 0.3) is 0 Å². The van der Waals surface area contributed by atoms with E-state index in [1.54, 1.807) is 0 Å². The van der Waals surface area contributed by atoms with Gasteiger partial charge in [0, 0.05) is 24.2 Å². The number of aromatic nitrogens is 2. The fourth-order valence-corrected chi connectivity index (χ4v) is 4.57. The largest absolute Gasteiger partial charge is 0.324 e. The van der Waals surface area contributed by atoms with Gasteiger partial charge in [-0.3, -0.25) is 4.68 Å². The maximum absolute atomic E-state index is 6.24. The molecule has 1 unspecified atom stereocenters. The molecule has 21 heavy (non-hydrogen) atoms. The molecule has 6 heteroatoms. The van der Waals surface area contributed by atoms with Crippen molar-refractivity contribution in [2.45, 2.75) is 50.6 Å². The summed E-state index contributed by atoms with van der Waals surface area (Å²) in [6, 6.07) is 4.33. The van der Waals surface area contributed by atoms with Gasteiger partial charge in [-0.05, 0) is 25.0 Å². The average Bonchev–Trinajstić information content (AvgIpc) is 3.06. The van der Waals surface area contributed by atoms with Crippen molar-refractivity contribution in [2.75, 3.05) is 0 Å². The fraction of sp³-hybridized carbons (Fsp3) is 0.533. The zero-order valence-corrected chi connectivity index (χ0v) is 14.1. The Morgan fingerprint density at radius 2 is 2.10 bits per heavy atom. The van der Waals surface area contributed by atoms with E-state index in [1.165, 1.54) is 43.4 Å². The van der Waals surface area contributed by atoms with E-state index in [0.717, 1.165) is 11.3 Å². The minimum atomic E-state index is -0.157. The predicted molar refractivity (Wildman–Crippen MR) is 89.3 cm³/mol. The van der Waals surface area contributed by atoms with E-state index in [9.17, 15) is 0 Å². The minimum absolute atomic E-state index is 0.157. The zero-order valence-electron chi connectivity index (χ0n) is 11.8. The van der Waals surface area contributed by atoms with Crippen molar-refractivity contribution in [3.8, 4) is 0 Å². The molecule has 0 saturated heterocycles. The van der Waals surface area contributed by atoms with Crippen molar-refractivity contribution in [1.82, 2.24) is 9.78 Å². The SMILES string of the molecule is NC(Cc1ccn(C2CCCCC2)n1)c1cc(Cl)sc1Cl. The van der Waals surface area contributed by atoms with Gasteiger partial charge >= 0.3 is 0 Å². The van der Waals surface area contributed by atoms with Crippen molar-refractivity contribution >= 4 is 34.5 Å². The molecule has 0 radical (unpaired) electrons. The Balaban J connectivity index is 1.67. The van der Waals surface area contributed by atoms with E-state index >= 15 is 0 Å². The quantitative estimate of drug-likeness (QED) is 0.848. The van der Waals surface area contributed by atoms with Gasteiger partial charge in [-0.1, -0.05) is 42.5 Å². The topological polar surface area (TPSA) is 43.8 Å². The van der Waals surface area contributed by atoms with Crippen molar-refractivity contribution in [2.24, 2.45) is 5.73 Å². The number of hydrogen-bond donors (Lipinski definition) is 1. The van der Waals surface area contributed by atoms with E-state index in [2.05, 4.69) is 16.9 Å². The third-order valence-electron chi connectivity index (χ3n) is 4.12. The maximum atomic E-state index is 6.24. The van der Waals surface area contributed by atoms with Crippen LogP contribution in [0.3, 0.4) is 0 Å². The summed E-state index contributed by atoms with van der Waals surface area (Å²) in [5, 5.41) is 4.70. The van der Waals surface area contributed by atoms with Gasteiger partial charge in [-0.15, -0.1) is 11.3 Å². The molecule has 1 atom stereocenters. The second kappa shape index (κ2) is 6.69. The summed E-state index contributed by atoms with van der Waals surface area (Å²) in [6.07, 6.45) is 9.21. The number of nitrogens with two attached hydrogens (primary N) is 1. The van der Waals surface area contributed by atoms with Crippen molar-refractivity contribution in [1.29, 1.82) is 0 Å². The molecule has 2 N–H and O–H groups in total. The van der Waals surface area contributed by atoms with Gasteiger partial charge in [0.2, 0.25) is 0 Å². The fourth-order valence-electron chi connectivity index (χ4n) is 2.98. The Morgan fingerprint density at radius 3 is 2.76 bits per heavy atom. The number of nitrogens with zero attached hydrogens (tertiary/aromatic N) is 2. The predicted octanol–water partition coefficient (Wildman–Crippen LogP) is 5.00. The van der Waals surface area contributed by atoms with Crippen molar-refractivity contribution in [3.05, 3.63) is 38.3 Å². The molecule has 0 amide bonds. The molecule has 2 heterocycles. The van der Waals surface area contributed by atoms with Gasteiger partial charge < -0.3 is 5.73 Å². The second-order valence-corrected chi connectivity index (χ2v) is 7.95. The molecule has 1 fully saturated rings. The van der Waals surface area contributed by atoms with Crippen LogP contribution < -0.4 is 5.73 Å². The minimum Gasteiger partial charge on any atom is -0.324 e. The van der Waals surface area contributed by atoms with Crippen LogP contribution in [0.5, 0.6) is 0 Å². The van der Waals surface area contributed by atoms with Crippen LogP contribution in [0.4, 0.5) is 0 Å². The van der Waals surface area contributed by atoms with Crippen LogP contribution in [0.1, 0.15) is 55.4 Å². The Labute approximate surface area is 139 Å². The van der Waals surface area contributed by atoms with Crippen LogP contribution in [0.15, 0.2) is 18.3 Å². The van der Waals surface area contributed by atoms with E-state index in [-0.39, 0.29) is 6.04 Å². The summed E-state index contributed by atoms with van der Waals surface area (Å²) in [5.74, 6) is 0. The molecule has 0 aliphatic heterocycles.